The van der Waals surface area contributed by atoms with Crippen molar-refractivity contribution in [3.63, 3.8) is 0 Å². The smallest absolute Gasteiger partial charge is 0.464 e. The Labute approximate surface area is 157 Å². The van der Waals surface area contributed by atoms with Crippen LogP contribution in [0.3, 0.4) is 0 Å². The predicted molar refractivity (Wildman–Crippen MR) is 85.2 cm³/mol. The van der Waals surface area contributed by atoms with Gasteiger partial charge in [-0.3, -0.25) is 28.9 Å². The Morgan fingerprint density at radius 1 is 1.14 bits per heavy atom. The molecule has 2 aliphatic rings. The molecule has 9 nitrogen and oxygen atoms in total. The number of nitrogens with zero attached hydrogens (tertiary/aromatic N) is 3. The van der Waals surface area contributed by atoms with Crippen LogP contribution in [0.5, 0.6) is 0 Å². The highest BCUT2D eigenvalue weighted by Crippen LogP contribution is 2.23. The molecule has 2 heterocycles. The van der Waals surface area contributed by atoms with Crippen molar-refractivity contribution in [2.24, 2.45) is 0 Å². The topological polar surface area (TPSA) is 104 Å². The summed E-state index contributed by atoms with van der Waals surface area (Å²) in [4.78, 5) is 60.5. The molecule has 2 aliphatic heterocycles. The SMILES string of the molecule is CC(=O)OCC1CN(C(=O)CCN2C(=O)C=CC2=O)CCN1C(=O)C(F)(F)F. The number of halogens is 3. The minimum atomic E-state index is -5.09. The van der Waals surface area contributed by atoms with E-state index in [0.29, 0.717) is 4.90 Å². The third-order valence-electron chi connectivity index (χ3n) is 4.27. The normalized spacial score (nSPS) is 20.0. The van der Waals surface area contributed by atoms with Gasteiger partial charge in [-0.25, -0.2) is 0 Å². The fourth-order valence-electron chi connectivity index (χ4n) is 2.89. The van der Waals surface area contributed by atoms with Gasteiger partial charge in [-0.15, -0.1) is 0 Å². The van der Waals surface area contributed by atoms with Crippen molar-refractivity contribution >= 4 is 29.6 Å². The van der Waals surface area contributed by atoms with Gasteiger partial charge in [-0.1, -0.05) is 0 Å². The van der Waals surface area contributed by atoms with Crippen LogP contribution in [-0.4, -0.2) is 89.3 Å². The number of hydrogen-bond donors (Lipinski definition) is 0. The van der Waals surface area contributed by atoms with Gasteiger partial charge in [0.05, 0.1) is 6.04 Å². The van der Waals surface area contributed by atoms with Crippen LogP contribution in [0.1, 0.15) is 13.3 Å². The Balaban J connectivity index is 2.00. The first kappa shape index (κ1) is 21.4. The molecule has 2 rings (SSSR count). The van der Waals surface area contributed by atoms with Gasteiger partial charge in [-0.2, -0.15) is 13.2 Å². The van der Waals surface area contributed by atoms with Crippen LogP contribution >= 0.6 is 0 Å². The van der Waals surface area contributed by atoms with Crippen molar-refractivity contribution in [3.8, 4) is 0 Å². The summed E-state index contributed by atoms with van der Waals surface area (Å²) in [6.07, 6.45) is -3.16. The van der Waals surface area contributed by atoms with E-state index < -0.39 is 48.4 Å². The lowest BCUT2D eigenvalue weighted by molar-refractivity contribution is -0.192. The first-order valence-corrected chi connectivity index (χ1v) is 8.33. The largest absolute Gasteiger partial charge is 0.471 e. The van der Waals surface area contributed by atoms with Crippen LogP contribution in [0, 0.1) is 0 Å². The summed E-state index contributed by atoms with van der Waals surface area (Å²) in [5.41, 5.74) is 0. The molecular formula is C16H18F3N3O6. The maximum Gasteiger partial charge on any atom is 0.471 e. The summed E-state index contributed by atoms with van der Waals surface area (Å²) in [5.74, 6) is -4.41. The van der Waals surface area contributed by atoms with Crippen LogP contribution in [-0.2, 0) is 28.7 Å². The molecule has 1 saturated heterocycles. The second-order valence-corrected chi connectivity index (χ2v) is 6.20. The van der Waals surface area contributed by atoms with Gasteiger partial charge in [0, 0.05) is 51.7 Å². The van der Waals surface area contributed by atoms with Crippen LogP contribution < -0.4 is 0 Å². The third kappa shape index (κ3) is 5.08. The molecule has 1 atom stereocenters. The lowest BCUT2D eigenvalue weighted by Gasteiger charge is -2.41. The summed E-state index contributed by atoms with van der Waals surface area (Å²) in [6.45, 7) is -0.405. The van der Waals surface area contributed by atoms with E-state index in [1.807, 2.05) is 0 Å². The van der Waals surface area contributed by atoms with E-state index in [2.05, 4.69) is 0 Å². The van der Waals surface area contributed by atoms with E-state index in [1.165, 1.54) is 4.90 Å². The Bertz CT molecular complexity index is 703. The predicted octanol–water partition coefficient (Wildman–Crippen LogP) is -0.534. The number of hydrogen-bond acceptors (Lipinski definition) is 6. The molecule has 0 bridgehead atoms. The van der Waals surface area contributed by atoms with Crippen LogP contribution in [0.15, 0.2) is 12.2 Å². The van der Waals surface area contributed by atoms with Crippen LogP contribution in [0.4, 0.5) is 13.2 Å². The second kappa shape index (κ2) is 8.40. The van der Waals surface area contributed by atoms with E-state index in [4.69, 9.17) is 4.74 Å². The van der Waals surface area contributed by atoms with Gasteiger partial charge in [0.25, 0.3) is 11.8 Å². The van der Waals surface area contributed by atoms with Crippen molar-refractivity contribution in [2.45, 2.75) is 25.6 Å². The van der Waals surface area contributed by atoms with Gasteiger partial charge in [-0.05, 0) is 0 Å². The fraction of sp³-hybridized carbons (Fsp3) is 0.562. The molecule has 4 amide bonds. The zero-order chi connectivity index (χ0) is 21.1. The zero-order valence-corrected chi connectivity index (χ0v) is 14.9. The Morgan fingerprint density at radius 3 is 2.29 bits per heavy atom. The quantitative estimate of drug-likeness (QED) is 0.450. The van der Waals surface area contributed by atoms with Crippen molar-refractivity contribution in [3.05, 3.63) is 12.2 Å². The Hall–Kier alpha value is -2.92. The first-order valence-electron chi connectivity index (χ1n) is 8.33. The average molecular weight is 405 g/mol. The van der Waals surface area contributed by atoms with E-state index in [9.17, 15) is 37.1 Å². The van der Waals surface area contributed by atoms with Gasteiger partial charge in [0.15, 0.2) is 0 Å². The molecule has 0 N–H and O–H groups in total. The van der Waals surface area contributed by atoms with E-state index in [-0.39, 0.29) is 32.6 Å². The number of alkyl halides is 3. The monoisotopic (exact) mass is 405 g/mol. The molecule has 0 radical (unpaired) electrons. The minimum absolute atomic E-state index is 0.155. The maximum absolute atomic E-state index is 12.8. The summed E-state index contributed by atoms with van der Waals surface area (Å²) < 4.78 is 43.0. The number of amides is 4. The molecule has 0 aromatic carbocycles. The van der Waals surface area contributed by atoms with Gasteiger partial charge in [0.2, 0.25) is 5.91 Å². The van der Waals surface area contributed by atoms with E-state index in [0.717, 1.165) is 24.0 Å². The van der Waals surface area contributed by atoms with Crippen molar-refractivity contribution in [2.75, 3.05) is 32.8 Å². The van der Waals surface area contributed by atoms with Gasteiger partial charge >= 0.3 is 18.1 Å². The number of imide groups is 1. The Morgan fingerprint density at radius 2 is 1.75 bits per heavy atom. The molecule has 28 heavy (non-hydrogen) atoms. The first-order chi connectivity index (χ1) is 13.0. The lowest BCUT2D eigenvalue weighted by Crippen LogP contribution is -2.60. The van der Waals surface area contributed by atoms with Crippen LogP contribution in [0.25, 0.3) is 0 Å². The molecule has 1 fully saturated rings. The average Bonchev–Trinajstić information content (AvgIpc) is 2.94. The van der Waals surface area contributed by atoms with E-state index >= 15 is 0 Å². The Kier molecular flexibility index (Phi) is 6.41. The van der Waals surface area contributed by atoms with Gasteiger partial charge in [0.1, 0.15) is 6.61 Å². The molecule has 0 aromatic heterocycles. The summed E-state index contributed by atoms with van der Waals surface area (Å²) in [7, 11) is 0. The van der Waals surface area contributed by atoms with Crippen LogP contribution in [0.2, 0.25) is 0 Å². The molecule has 12 heteroatoms. The van der Waals surface area contributed by atoms with E-state index in [1.54, 1.807) is 0 Å². The summed E-state index contributed by atoms with van der Waals surface area (Å²) >= 11 is 0. The molecule has 154 valence electrons. The van der Waals surface area contributed by atoms with Crippen molar-refractivity contribution < 1.29 is 41.9 Å². The number of carbonyl (C=O) groups is 5. The van der Waals surface area contributed by atoms with Crippen molar-refractivity contribution in [1.82, 2.24) is 14.7 Å². The molecule has 0 aromatic rings. The highest BCUT2D eigenvalue weighted by Gasteiger charge is 2.46. The number of ether oxygens (including phenoxy) is 1. The highest BCUT2D eigenvalue weighted by molar-refractivity contribution is 6.13. The zero-order valence-electron chi connectivity index (χ0n) is 14.9. The highest BCUT2D eigenvalue weighted by atomic mass is 19.4. The number of rotatable bonds is 5. The molecule has 0 saturated carbocycles. The summed E-state index contributed by atoms with van der Waals surface area (Å²) in [6, 6.07) is -1.16. The maximum atomic E-state index is 12.8. The second-order valence-electron chi connectivity index (χ2n) is 6.20. The third-order valence-corrected chi connectivity index (χ3v) is 4.27. The minimum Gasteiger partial charge on any atom is -0.464 e. The van der Waals surface area contributed by atoms with Gasteiger partial charge < -0.3 is 14.5 Å². The standard InChI is InChI=1S/C16H18F3N3O6/c1-10(23)28-9-11-8-20(6-7-21(11)15(27)16(17,18)19)12(24)4-5-22-13(25)2-3-14(22)26/h2-3,11H,4-9H2,1H3. The number of piperazine rings is 1. The number of esters is 1. The molecule has 0 aliphatic carbocycles. The molecule has 0 spiro atoms. The van der Waals surface area contributed by atoms with Crippen molar-refractivity contribution in [1.29, 1.82) is 0 Å². The molecular weight excluding hydrogens is 387 g/mol. The summed E-state index contributed by atoms with van der Waals surface area (Å²) in [5, 5.41) is 0. The molecule has 1 unspecified atom stereocenters. The fourth-order valence-corrected chi connectivity index (χ4v) is 2.89. The lowest BCUT2D eigenvalue weighted by atomic mass is 10.1. The number of carbonyl (C=O) groups excluding carboxylic acids is 5.